The van der Waals surface area contributed by atoms with Gasteiger partial charge in [-0.1, -0.05) is 13.8 Å². The summed E-state index contributed by atoms with van der Waals surface area (Å²) < 4.78 is 0. The Balaban J connectivity index is 3.58. The number of hydrogen-bond acceptors (Lipinski definition) is 3. The largest absolute Gasteiger partial charge is 0.369 e. The molecule has 0 aromatic carbocycles. The van der Waals surface area contributed by atoms with Crippen molar-refractivity contribution in [3.8, 4) is 0 Å². The van der Waals surface area contributed by atoms with Crippen molar-refractivity contribution in [1.82, 2.24) is 4.90 Å². The zero-order valence-electron chi connectivity index (χ0n) is 9.55. The summed E-state index contributed by atoms with van der Waals surface area (Å²) in [6.45, 7) is 6.24. The van der Waals surface area contributed by atoms with Crippen LogP contribution in [0.3, 0.4) is 0 Å². The fourth-order valence-corrected chi connectivity index (χ4v) is 1.27. The molecule has 0 rings (SSSR count). The topological polar surface area (TPSA) is 72.3 Å². The van der Waals surface area contributed by atoms with Crippen LogP contribution in [-0.4, -0.2) is 37.5 Å². The van der Waals surface area contributed by atoms with Gasteiger partial charge in [0.2, 0.25) is 5.91 Å². The van der Waals surface area contributed by atoms with Crippen LogP contribution < -0.4 is 11.5 Å². The smallest absolute Gasteiger partial charge is 0.231 e. The molecule has 0 saturated carbocycles. The minimum atomic E-state index is -0.273. The van der Waals surface area contributed by atoms with Crippen molar-refractivity contribution >= 4 is 5.91 Å². The van der Waals surface area contributed by atoms with Crippen LogP contribution in [0.15, 0.2) is 0 Å². The predicted octanol–water partition coefficient (Wildman–Crippen LogP) is 0.169. The zero-order valence-corrected chi connectivity index (χ0v) is 9.55. The molecular formula is C10H23N3O. The van der Waals surface area contributed by atoms with Gasteiger partial charge in [-0.25, -0.2) is 0 Å². The van der Waals surface area contributed by atoms with Gasteiger partial charge >= 0.3 is 0 Å². The van der Waals surface area contributed by atoms with Gasteiger partial charge in [0.25, 0.3) is 0 Å². The zero-order chi connectivity index (χ0) is 11.2. The lowest BCUT2D eigenvalue weighted by molar-refractivity contribution is -0.118. The first-order valence-electron chi connectivity index (χ1n) is 5.04. The van der Waals surface area contributed by atoms with E-state index in [2.05, 4.69) is 13.8 Å². The molecule has 4 heteroatoms. The average Bonchev–Trinajstić information content (AvgIpc) is 2.02. The third kappa shape index (κ3) is 6.86. The number of carbonyl (C=O) groups excluding carboxylic acids is 1. The van der Waals surface area contributed by atoms with Gasteiger partial charge < -0.3 is 11.5 Å². The number of likely N-dealkylation sites (N-methyl/N-ethyl adjacent to an activating group) is 1. The van der Waals surface area contributed by atoms with Crippen LogP contribution in [-0.2, 0) is 4.79 Å². The average molecular weight is 201 g/mol. The van der Waals surface area contributed by atoms with Crippen LogP contribution >= 0.6 is 0 Å². The highest BCUT2D eigenvalue weighted by Gasteiger charge is 2.15. The molecule has 0 aliphatic heterocycles. The molecule has 0 atom stereocenters. The number of hydrogen-bond donors (Lipinski definition) is 2. The standard InChI is InChI=1S/C10H23N3O/c1-10(2,8-11)5-4-6-13(3)7-9(12)14/h4-8,11H2,1-3H3,(H2,12,14). The summed E-state index contributed by atoms with van der Waals surface area (Å²) in [5.74, 6) is -0.273. The lowest BCUT2D eigenvalue weighted by atomic mass is 9.88. The van der Waals surface area contributed by atoms with E-state index >= 15 is 0 Å². The summed E-state index contributed by atoms with van der Waals surface area (Å²) in [6.07, 6.45) is 2.13. The first-order valence-corrected chi connectivity index (χ1v) is 5.04. The lowest BCUT2D eigenvalue weighted by Crippen LogP contribution is -2.32. The third-order valence-electron chi connectivity index (χ3n) is 2.37. The Bertz CT molecular complexity index is 180. The van der Waals surface area contributed by atoms with Gasteiger partial charge in [-0.2, -0.15) is 0 Å². The van der Waals surface area contributed by atoms with Crippen LogP contribution in [0.25, 0.3) is 0 Å². The summed E-state index contributed by atoms with van der Waals surface area (Å²) in [6, 6.07) is 0. The summed E-state index contributed by atoms with van der Waals surface area (Å²) in [4.78, 5) is 12.5. The van der Waals surface area contributed by atoms with Crippen LogP contribution in [0.5, 0.6) is 0 Å². The minimum absolute atomic E-state index is 0.202. The van der Waals surface area contributed by atoms with Crippen molar-refractivity contribution in [3.63, 3.8) is 0 Å². The number of primary amides is 1. The van der Waals surface area contributed by atoms with Gasteiger partial charge in [0, 0.05) is 0 Å². The molecule has 0 spiro atoms. The number of rotatable bonds is 7. The second kappa shape index (κ2) is 5.98. The van der Waals surface area contributed by atoms with Crippen LogP contribution in [0.2, 0.25) is 0 Å². The van der Waals surface area contributed by atoms with E-state index in [1.807, 2.05) is 11.9 Å². The van der Waals surface area contributed by atoms with Gasteiger partial charge in [0.15, 0.2) is 0 Å². The van der Waals surface area contributed by atoms with E-state index in [9.17, 15) is 4.79 Å². The van der Waals surface area contributed by atoms with E-state index in [4.69, 9.17) is 11.5 Å². The highest BCUT2D eigenvalue weighted by Crippen LogP contribution is 2.19. The van der Waals surface area contributed by atoms with E-state index in [1.165, 1.54) is 0 Å². The Morgan fingerprint density at radius 1 is 1.43 bits per heavy atom. The molecule has 0 radical (unpaired) electrons. The summed E-state index contributed by atoms with van der Waals surface area (Å²) >= 11 is 0. The van der Waals surface area contributed by atoms with Crippen molar-refractivity contribution < 1.29 is 4.79 Å². The number of carbonyl (C=O) groups is 1. The van der Waals surface area contributed by atoms with Crippen LogP contribution in [0, 0.1) is 5.41 Å². The molecule has 0 aliphatic rings. The molecule has 0 heterocycles. The fourth-order valence-electron chi connectivity index (χ4n) is 1.27. The summed E-state index contributed by atoms with van der Waals surface area (Å²) in [7, 11) is 1.90. The van der Waals surface area contributed by atoms with E-state index in [-0.39, 0.29) is 11.3 Å². The molecule has 4 N–H and O–H groups in total. The Kier molecular flexibility index (Phi) is 5.72. The van der Waals surface area contributed by atoms with Crippen molar-refractivity contribution in [1.29, 1.82) is 0 Å². The SMILES string of the molecule is CN(CCCC(C)(C)CN)CC(N)=O. The lowest BCUT2D eigenvalue weighted by Gasteiger charge is -2.23. The van der Waals surface area contributed by atoms with E-state index in [1.54, 1.807) is 0 Å². The molecule has 0 aromatic heterocycles. The summed E-state index contributed by atoms with van der Waals surface area (Å²) in [5.41, 5.74) is 10.9. The van der Waals surface area contributed by atoms with Crippen LogP contribution in [0.4, 0.5) is 0 Å². The maximum Gasteiger partial charge on any atom is 0.231 e. The van der Waals surface area contributed by atoms with Crippen LogP contribution in [0.1, 0.15) is 26.7 Å². The number of nitrogens with two attached hydrogens (primary N) is 2. The Labute approximate surface area is 86.6 Å². The third-order valence-corrected chi connectivity index (χ3v) is 2.37. The van der Waals surface area contributed by atoms with Crippen molar-refractivity contribution in [2.45, 2.75) is 26.7 Å². The number of amides is 1. The van der Waals surface area contributed by atoms with Gasteiger partial charge in [-0.15, -0.1) is 0 Å². The molecule has 0 fully saturated rings. The van der Waals surface area contributed by atoms with Crippen molar-refractivity contribution in [3.05, 3.63) is 0 Å². The molecule has 4 nitrogen and oxygen atoms in total. The highest BCUT2D eigenvalue weighted by atomic mass is 16.1. The Morgan fingerprint density at radius 2 is 2.00 bits per heavy atom. The Morgan fingerprint density at radius 3 is 2.43 bits per heavy atom. The van der Waals surface area contributed by atoms with Gasteiger partial charge in [0.05, 0.1) is 6.54 Å². The molecule has 14 heavy (non-hydrogen) atoms. The first kappa shape index (κ1) is 13.4. The van der Waals surface area contributed by atoms with E-state index < -0.39 is 0 Å². The number of nitrogens with zero attached hydrogens (tertiary/aromatic N) is 1. The molecule has 0 bridgehead atoms. The Hall–Kier alpha value is -0.610. The highest BCUT2D eigenvalue weighted by molar-refractivity contribution is 5.75. The van der Waals surface area contributed by atoms with Gasteiger partial charge in [0.1, 0.15) is 0 Å². The second-order valence-corrected chi connectivity index (χ2v) is 4.68. The van der Waals surface area contributed by atoms with Crippen molar-refractivity contribution in [2.24, 2.45) is 16.9 Å². The predicted molar refractivity (Wildman–Crippen MR) is 58.8 cm³/mol. The van der Waals surface area contributed by atoms with Crippen molar-refractivity contribution in [2.75, 3.05) is 26.7 Å². The maximum atomic E-state index is 10.6. The van der Waals surface area contributed by atoms with E-state index in [0.29, 0.717) is 13.1 Å². The normalized spacial score (nSPS) is 12.1. The molecule has 0 unspecified atom stereocenters. The van der Waals surface area contributed by atoms with Gasteiger partial charge in [-0.05, 0) is 38.4 Å². The fraction of sp³-hybridized carbons (Fsp3) is 0.900. The quantitative estimate of drug-likeness (QED) is 0.616. The molecular weight excluding hydrogens is 178 g/mol. The molecule has 84 valence electrons. The minimum Gasteiger partial charge on any atom is -0.369 e. The first-order chi connectivity index (χ1) is 6.37. The monoisotopic (exact) mass is 201 g/mol. The molecule has 1 amide bonds. The molecule has 0 aromatic rings. The molecule has 0 aliphatic carbocycles. The maximum absolute atomic E-state index is 10.6. The van der Waals surface area contributed by atoms with Gasteiger partial charge in [-0.3, -0.25) is 9.69 Å². The van der Waals surface area contributed by atoms with E-state index in [0.717, 1.165) is 19.4 Å². The molecule has 0 saturated heterocycles. The second-order valence-electron chi connectivity index (χ2n) is 4.68. The summed E-state index contributed by atoms with van der Waals surface area (Å²) in [5, 5.41) is 0.